The van der Waals surface area contributed by atoms with Crippen molar-refractivity contribution in [1.29, 1.82) is 0 Å². The second-order valence-electron chi connectivity index (χ2n) is 8.26. The minimum Gasteiger partial charge on any atom is -0.492 e. The molecule has 0 amide bonds. The first-order valence-electron chi connectivity index (χ1n) is 9.33. The molecule has 1 heterocycles. The third kappa shape index (κ3) is 3.17. The fourth-order valence-corrected chi connectivity index (χ4v) is 4.14. The summed E-state index contributed by atoms with van der Waals surface area (Å²) in [6.07, 6.45) is 11.3. The maximum Gasteiger partial charge on any atom is 0.231 e. The number of carbonyl (C=O) groups is 2. The summed E-state index contributed by atoms with van der Waals surface area (Å²) < 4.78 is 11.1. The number of ether oxygens (including phenoxy) is 2. The molecular weight excluding hydrogens is 328 g/mol. The molecule has 3 atom stereocenters. The molecule has 140 valence electrons. The van der Waals surface area contributed by atoms with Gasteiger partial charge in [0, 0.05) is 6.08 Å². The maximum atomic E-state index is 12.4. The van der Waals surface area contributed by atoms with E-state index >= 15 is 0 Å². The van der Waals surface area contributed by atoms with Crippen LogP contribution in [0.5, 0.6) is 0 Å². The highest BCUT2D eigenvalue weighted by Crippen LogP contribution is 2.46. The van der Waals surface area contributed by atoms with E-state index in [1.54, 1.807) is 6.08 Å². The number of Topliss-reactive ketones (excluding diaryl/α,β-unsaturated/α-hetero) is 1. The fourth-order valence-electron chi connectivity index (χ4n) is 4.14. The second kappa shape index (κ2) is 6.57. The fraction of sp³-hybridized carbons (Fsp3) is 0.545. The molecule has 0 bridgehead atoms. The second-order valence-corrected chi connectivity index (χ2v) is 8.26. The van der Waals surface area contributed by atoms with Crippen LogP contribution in [0.2, 0.25) is 0 Å². The van der Waals surface area contributed by atoms with Gasteiger partial charge in [0.25, 0.3) is 0 Å². The third-order valence-corrected chi connectivity index (χ3v) is 6.46. The Morgan fingerprint density at radius 1 is 1.27 bits per heavy atom. The van der Waals surface area contributed by atoms with Crippen LogP contribution in [0.4, 0.5) is 0 Å². The maximum absolute atomic E-state index is 12.4. The quantitative estimate of drug-likeness (QED) is 0.552. The van der Waals surface area contributed by atoms with Gasteiger partial charge in [-0.15, -0.1) is 0 Å². The monoisotopic (exact) mass is 356 g/mol. The van der Waals surface area contributed by atoms with Crippen LogP contribution in [0.3, 0.4) is 0 Å². The van der Waals surface area contributed by atoms with E-state index < -0.39 is 5.60 Å². The molecule has 4 heteroatoms. The molecule has 26 heavy (non-hydrogen) atoms. The summed E-state index contributed by atoms with van der Waals surface area (Å²) in [5.74, 6) is 0.152. The van der Waals surface area contributed by atoms with Crippen LogP contribution in [0, 0.1) is 11.3 Å². The Bertz CT molecular complexity index is 767. The normalized spacial score (nSPS) is 34.1. The van der Waals surface area contributed by atoms with Gasteiger partial charge in [-0.3, -0.25) is 9.59 Å². The number of hydrogen-bond acceptors (Lipinski definition) is 4. The summed E-state index contributed by atoms with van der Waals surface area (Å²) in [5, 5.41) is 0. The first-order valence-corrected chi connectivity index (χ1v) is 9.33. The van der Waals surface area contributed by atoms with E-state index in [2.05, 4.69) is 26.8 Å². The van der Waals surface area contributed by atoms with E-state index in [0.717, 1.165) is 25.7 Å². The molecule has 1 unspecified atom stereocenters. The highest BCUT2D eigenvalue weighted by atomic mass is 16.5. The molecule has 0 fully saturated rings. The molecule has 0 radical (unpaired) electrons. The smallest absolute Gasteiger partial charge is 0.231 e. The van der Waals surface area contributed by atoms with Crippen molar-refractivity contribution in [3.8, 4) is 0 Å². The Labute approximate surface area is 155 Å². The zero-order chi connectivity index (χ0) is 19.1. The highest BCUT2D eigenvalue weighted by Gasteiger charge is 2.40. The Hall–Kier alpha value is -2.10. The lowest BCUT2D eigenvalue weighted by Gasteiger charge is -2.42. The van der Waals surface area contributed by atoms with Gasteiger partial charge in [0.2, 0.25) is 11.6 Å². The van der Waals surface area contributed by atoms with Gasteiger partial charge in [-0.1, -0.05) is 25.5 Å². The van der Waals surface area contributed by atoms with Gasteiger partial charge in [0.15, 0.2) is 11.5 Å². The molecule has 0 saturated heterocycles. The lowest BCUT2D eigenvalue weighted by Crippen LogP contribution is -2.37. The van der Waals surface area contributed by atoms with Gasteiger partial charge in [0.05, 0.1) is 12.7 Å². The predicted octanol–water partition coefficient (Wildman–Crippen LogP) is 4.43. The van der Waals surface area contributed by atoms with E-state index in [1.807, 2.05) is 13.0 Å². The largest absolute Gasteiger partial charge is 0.492 e. The van der Waals surface area contributed by atoms with Crippen molar-refractivity contribution in [2.75, 3.05) is 7.11 Å². The van der Waals surface area contributed by atoms with Gasteiger partial charge in [0.1, 0.15) is 5.60 Å². The number of hydrogen-bond donors (Lipinski definition) is 0. The Morgan fingerprint density at radius 3 is 2.69 bits per heavy atom. The molecule has 0 aromatic heterocycles. The molecule has 2 aliphatic carbocycles. The van der Waals surface area contributed by atoms with Gasteiger partial charge in [-0.05, 0) is 63.0 Å². The Morgan fingerprint density at radius 2 is 2.00 bits per heavy atom. The molecular formula is C22H28O4. The molecule has 0 saturated carbocycles. The Kier molecular flexibility index (Phi) is 4.72. The van der Waals surface area contributed by atoms with Crippen LogP contribution in [0.1, 0.15) is 53.4 Å². The SMILES string of the molecule is COC1=CC(=O)C2=C(C=CC(C)(CC[C@@]3(C)CCC=C(C)[C@H]3C)O2)C1=O. The molecule has 4 nitrogen and oxygen atoms in total. The minimum atomic E-state index is -0.578. The first kappa shape index (κ1) is 18.7. The zero-order valence-electron chi connectivity index (χ0n) is 16.3. The third-order valence-electron chi connectivity index (χ3n) is 6.46. The summed E-state index contributed by atoms with van der Waals surface area (Å²) in [6.45, 7) is 8.84. The molecule has 3 rings (SSSR count). The summed E-state index contributed by atoms with van der Waals surface area (Å²) in [5.41, 5.74) is 1.40. The first-order chi connectivity index (χ1) is 12.2. The van der Waals surface area contributed by atoms with Crippen LogP contribution in [-0.4, -0.2) is 24.3 Å². The highest BCUT2D eigenvalue weighted by molar-refractivity contribution is 6.22. The Balaban J connectivity index is 1.74. The molecule has 0 N–H and O–H groups in total. The van der Waals surface area contributed by atoms with Crippen molar-refractivity contribution in [2.24, 2.45) is 11.3 Å². The minimum absolute atomic E-state index is 0.0661. The summed E-state index contributed by atoms with van der Waals surface area (Å²) >= 11 is 0. The number of ketones is 2. The summed E-state index contributed by atoms with van der Waals surface area (Å²) in [6, 6.07) is 0. The van der Waals surface area contributed by atoms with E-state index in [1.165, 1.54) is 18.8 Å². The van der Waals surface area contributed by atoms with Crippen LogP contribution in [0.25, 0.3) is 0 Å². The molecule has 0 aromatic rings. The number of carbonyl (C=O) groups excluding carboxylic acids is 2. The van der Waals surface area contributed by atoms with Gasteiger partial charge < -0.3 is 9.47 Å². The lowest BCUT2D eigenvalue weighted by molar-refractivity contribution is -0.122. The predicted molar refractivity (Wildman–Crippen MR) is 100 cm³/mol. The average molecular weight is 356 g/mol. The van der Waals surface area contributed by atoms with Crippen molar-refractivity contribution in [2.45, 2.75) is 59.0 Å². The van der Waals surface area contributed by atoms with Crippen molar-refractivity contribution in [3.05, 3.63) is 47.0 Å². The van der Waals surface area contributed by atoms with Crippen molar-refractivity contribution >= 4 is 11.6 Å². The number of methoxy groups -OCH3 is 1. The van der Waals surface area contributed by atoms with E-state index in [0.29, 0.717) is 11.5 Å². The number of rotatable bonds is 4. The zero-order valence-corrected chi connectivity index (χ0v) is 16.3. The van der Waals surface area contributed by atoms with E-state index in [4.69, 9.17) is 9.47 Å². The van der Waals surface area contributed by atoms with E-state index in [-0.39, 0.29) is 28.5 Å². The van der Waals surface area contributed by atoms with Crippen LogP contribution >= 0.6 is 0 Å². The summed E-state index contributed by atoms with van der Waals surface area (Å²) in [4.78, 5) is 24.7. The van der Waals surface area contributed by atoms with Crippen molar-refractivity contribution in [1.82, 2.24) is 0 Å². The molecule has 1 aliphatic heterocycles. The van der Waals surface area contributed by atoms with Crippen LogP contribution < -0.4 is 0 Å². The van der Waals surface area contributed by atoms with E-state index in [9.17, 15) is 9.59 Å². The molecule has 0 aromatic carbocycles. The molecule has 0 spiro atoms. The van der Waals surface area contributed by atoms with Crippen LogP contribution in [0.15, 0.2) is 47.0 Å². The average Bonchev–Trinajstić information content (AvgIpc) is 2.61. The summed E-state index contributed by atoms with van der Waals surface area (Å²) in [7, 11) is 1.39. The van der Waals surface area contributed by atoms with Crippen molar-refractivity contribution in [3.63, 3.8) is 0 Å². The molecule has 3 aliphatic rings. The number of allylic oxidation sites excluding steroid dienone is 5. The standard InChI is InChI=1S/C22H28O4/c1-14-7-6-9-21(3,15(14)2)11-12-22(4)10-8-16-19(24)18(25-5)13-17(23)20(16)26-22/h7-8,10,13,15H,6,9,11-12H2,1-5H3/t15-,21-,22?/m1/s1. The van der Waals surface area contributed by atoms with Crippen LogP contribution in [-0.2, 0) is 19.1 Å². The topological polar surface area (TPSA) is 52.6 Å². The van der Waals surface area contributed by atoms with Gasteiger partial charge in [-0.2, -0.15) is 0 Å². The van der Waals surface area contributed by atoms with Crippen molar-refractivity contribution < 1.29 is 19.1 Å². The van der Waals surface area contributed by atoms with Gasteiger partial charge >= 0.3 is 0 Å². The lowest BCUT2D eigenvalue weighted by atomic mass is 9.65. The van der Waals surface area contributed by atoms with Gasteiger partial charge in [-0.25, -0.2) is 0 Å².